The van der Waals surface area contributed by atoms with Crippen molar-refractivity contribution in [1.29, 1.82) is 0 Å². The monoisotopic (exact) mass is 358 g/mol. The first-order valence-electron chi connectivity index (χ1n) is 8.33. The van der Waals surface area contributed by atoms with Crippen molar-refractivity contribution in [2.24, 2.45) is 23.3 Å². The number of hydrogen-bond donors (Lipinski definition) is 5. The summed E-state index contributed by atoms with van der Waals surface area (Å²) in [4.78, 5) is 46.5. The molecular weight excluding hydrogens is 328 g/mol. The number of primary amides is 1. The maximum Gasteiger partial charge on any atom is 0.326 e. The molecule has 0 heterocycles. The lowest BCUT2D eigenvalue weighted by molar-refractivity contribution is -0.143. The Labute approximate surface area is 147 Å². The van der Waals surface area contributed by atoms with Gasteiger partial charge in [0.15, 0.2) is 0 Å². The van der Waals surface area contributed by atoms with Gasteiger partial charge in [-0.2, -0.15) is 0 Å². The van der Waals surface area contributed by atoms with Gasteiger partial charge in [-0.05, 0) is 24.7 Å². The third-order valence-corrected chi connectivity index (χ3v) is 3.61. The Morgan fingerprint density at radius 1 is 1.00 bits per heavy atom. The first-order valence-corrected chi connectivity index (χ1v) is 8.33. The number of rotatable bonds is 11. The lowest BCUT2D eigenvalue weighted by atomic mass is 10.00. The summed E-state index contributed by atoms with van der Waals surface area (Å²) < 4.78 is 0. The van der Waals surface area contributed by atoms with E-state index in [0.29, 0.717) is 6.42 Å². The summed E-state index contributed by atoms with van der Waals surface area (Å²) in [5.74, 6) is -3.10. The number of carboxylic acids is 1. The Morgan fingerprint density at radius 2 is 1.56 bits per heavy atom. The van der Waals surface area contributed by atoms with E-state index in [2.05, 4.69) is 10.6 Å². The molecule has 3 atom stereocenters. The van der Waals surface area contributed by atoms with E-state index in [-0.39, 0.29) is 24.7 Å². The number of hydrogen-bond acceptors (Lipinski definition) is 5. The average Bonchev–Trinajstić information content (AvgIpc) is 2.47. The molecule has 0 saturated carbocycles. The van der Waals surface area contributed by atoms with Crippen LogP contribution in [0.5, 0.6) is 0 Å². The molecule has 0 aliphatic rings. The largest absolute Gasteiger partial charge is 0.480 e. The van der Waals surface area contributed by atoms with Crippen molar-refractivity contribution in [2.75, 3.05) is 0 Å². The highest BCUT2D eigenvalue weighted by Crippen LogP contribution is 2.08. The molecular formula is C16H30N4O5. The van der Waals surface area contributed by atoms with Crippen molar-refractivity contribution >= 4 is 23.7 Å². The maximum absolute atomic E-state index is 12.4. The molecule has 9 nitrogen and oxygen atoms in total. The third kappa shape index (κ3) is 9.04. The van der Waals surface area contributed by atoms with Gasteiger partial charge in [0.1, 0.15) is 12.1 Å². The molecule has 0 saturated heterocycles. The highest BCUT2D eigenvalue weighted by molar-refractivity contribution is 5.92. The smallest absolute Gasteiger partial charge is 0.326 e. The van der Waals surface area contributed by atoms with Crippen molar-refractivity contribution in [2.45, 2.75) is 65.1 Å². The van der Waals surface area contributed by atoms with E-state index in [1.54, 1.807) is 13.8 Å². The van der Waals surface area contributed by atoms with Crippen LogP contribution in [0.4, 0.5) is 0 Å². The standard InChI is InChI=1S/C16H30N4O5/c1-8(2)7-11(15(23)20-13(9(3)4)16(24)25)19-14(22)10(17)5-6-12(18)21/h8-11,13H,5-7,17H2,1-4H3,(H2,18,21)(H,19,22)(H,20,23)(H,24,25)/t10-,11-,13-/m0/s1. The minimum absolute atomic E-state index is 0.0376. The molecule has 144 valence electrons. The average molecular weight is 358 g/mol. The van der Waals surface area contributed by atoms with Crippen LogP contribution in [0.25, 0.3) is 0 Å². The molecule has 3 amide bonds. The van der Waals surface area contributed by atoms with Gasteiger partial charge < -0.3 is 27.2 Å². The van der Waals surface area contributed by atoms with Crippen molar-refractivity contribution in [1.82, 2.24) is 10.6 Å². The van der Waals surface area contributed by atoms with Gasteiger partial charge in [0.2, 0.25) is 17.7 Å². The van der Waals surface area contributed by atoms with Gasteiger partial charge in [-0.25, -0.2) is 4.79 Å². The first-order chi connectivity index (χ1) is 11.5. The number of aliphatic carboxylic acids is 1. The Hall–Kier alpha value is -2.16. The number of nitrogens with two attached hydrogens (primary N) is 2. The molecule has 0 aliphatic heterocycles. The van der Waals surface area contributed by atoms with Crippen LogP contribution >= 0.6 is 0 Å². The van der Waals surface area contributed by atoms with Gasteiger partial charge in [0.25, 0.3) is 0 Å². The fourth-order valence-electron chi connectivity index (χ4n) is 2.18. The van der Waals surface area contributed by atoms with E-state index in [0.717, 1.165) is 0 Å². The fourth-order valence-corrected chi connectivity index (χ4v) is 2.18. The molecule has 0 spiro atoms. The summed E-state index contributed by atoms with van der Waals surface area (Å²) in [7, 11) is 0. The van der Waals surface area contributed by atoms with Crippen molar-refractivity contribution in [3.8, 4) is 0 Å². The molecule has 0 aliphatic carbocycles. The predicted octanol–water partition coefficient (Wildman–Crippen LogP) is -0.664. The van der Waals surface area contributed by atoms with E-state index in [4.69, 9.17) is 11.5 Å². The zero-order valence-electron chi connectivity index (χ0n) is 15.2. The van der Waals surface area contributed by atoms with E-state index >= 15 is 0 Å². The Kier molecular flexibility index (Phi) is 9.73. The van der Waals surface area contributed by atoms with Crippen LogP contribution in [0.15, 0.2) is 0 Å². The minimum atomic E-state index is -1.14. The summed E-state index contributed by atoms with van der Waals surface area (Å²) in [6.07, 6.45) is 0.357. The molecule has 0 unspecified atom stereocenters. The van der Waals surface area contributed by atoms with E-state index in [1.165, 1.54) is 0 Å². The highest BCUT2D eigenvalue weighted by atomic mass is 16.4. The number of nitrogens with one attached hydrogen (secondary N) is 2. The van der Waals surface area contributed by atoms with E-state index < -0.39 is 41.8 Å². The number of carbonyl (C=O) groups is 4. The Morgan fingerprint density at radius 3 is 1.96 bits per heavy atom. The van der Waals surface area contributed by atoms with Crippen molar-refractivity contribution in [3.05, 3.63) is 0 Å². The van der Waals surface area contributed by atoms with Gasteiger partial charge in [-0.3, -0.25) is 14.4 Å². The van der Waals surface area contributed by atoms with Crippen LogP contribution in [0.2, 0.25) is 0 Å². The zero-order valence-corrected chi connectivity index (χ0v) is 15.2. The second-order valence-electron chi connectivity index (χ2n) is 6.87. The second kappa shape index (κ2) is 10.7. The molecule has 9 heteroatoms. The van der Waals surface area contributed by atoms with Crippen LogP contribution in [-0.4, -0.2) is 46.9 Å². The number of carbonyl (C=O) groups excluding carboxylic acids is 3. The molecule has 25 heavy (non-hydrogen) atoms. The van der Waals surface area contributed by atoms with Gasteiger partial charge in [-0.15, -0.1) is 0 Å². The highest BCUT2D eigenvalue weighted by Gasteiger charge is 2.29. The Balaban J connectivity index is 4.98. The predicted molar refractivity (Wildman–Crippen MR) is 92.2 cm³/mol. The summed E-state index contributed by atoms with van der Waals surface area (Å²) in [6, 6.07) is -2.94. The SMILES string of the molecule is CC(C)C[C@H](NC(=O)[C@@H](N)CCC(N)=O)C(=O)N[C@H](C(=O)O)C(C)C. The molecule has 0 radical (unpaired) electrons. The van der Waals surface area contributed by atoms with Gasteiger partial charge >= 0.3 is 5.97 Å². The molecule has 0 fully saturated rings. The molecule has 0 aromatic rings. The lowest BCUT2D eigenvalue weighted by Gasteiger charge is -2.25. The second-order valence-corrected chi connectivity index (χ2v) is 6.87. The van der Waals surface area contributed by atoms with E-state index in [1.807, 2.05) is 13.8 Å². The quantitative estimate of drug-likeness (QED) is 0.329. The minimum Gasteiger partial charge on any atom is -0.480 e. The van der Waals surface area contributed by atoms with Crippen molar-refractivity contribution in [3.63, 3.8) is 0 Å². The molecule has 0 aromatic heterocycles. The zero-order chi connectivity index (χ0) is 19.7. The summed E-state index contributed by atoms with van der Waals surface area (Å²) >= 11 is 0. The summed E-state index contributed by atoms with van der Waals surface area (Å²) in [6.45, 7) is 7.09. The van der Waals surface area contributed by atoms with Crippen LogP contribution in [0.1, 0.15) is 47.0 Å². The molecule has 0 aromatic carbocycles. The van der Waals surface area contributed by atoms with Gasteiger partial charge in [-0.1, -0.05) is 27.7 Å². The van der Waals surface area contributed by atoms with Gasteiger partial charge in [0.05, 0.1) is 6.04 Å². The maximum atomic E-state index is 12.4. The molecule has 7 N–H and O–H groups in total. The molecule has 0 rings (SSSR count). The fraction of sp³-hybridized carbons (Fsp3) is 0.750. The first kappa shape index (κ1) is 22.8. The van der Waals surface area contributed by atoms with Gasteiger partial charge in [0, 0.05) is 6.42 Å². The van der Waals surface area contributed by atoms with Crippen LogP contribution < -0.4 is 22.1 Å². The summed E-state index contributed by atoms with van der Waals surface area (Å²) in [5.41, 5.74) is 10.7. The Bertz CT molecular complexity index is 493. The lowest BCUT2D eigenvalue weighted by Crippen LogP contribution is -2.55. The number of amides is 3. The summed E-state index contributed by atoms with van der Waals surface area (Å²) in [5, 5.41) is 14.2. The van der Waals surface area contributed by atoms with Crippen molar-refractivity contribution < 1.29 is 24.3 Å². The topological polar surface area (TPSA) is 165 Å². The third-order valence-electron chi connectivity index (χ3n) is 3.61. The van der Waals surface area contributed by atoms with Crippen LogP contribution in [-0.2, 0) is 19.2 Å². The normalized spacial score (nSPS) is 14.7. The van der Waals surface area contributed by atoms with Crippen LogP contribution in [0.3, 0.4) is 0 Å². The molecule has 0 bridgehead atoms. The van der Waals surface area contributed by atoms with E-state index in [9.17, 15) is 24.3 Å². The van der Waals surface area contributed by atoms with Crippen LogP contribution in [0, 0.1) is 11.8 Å². The number of carboxylic acid groups (broad SMARTS) is 1.